The van der Waals surface area contributed by atoms with Crippen LogP contribution in [0.4, 0.5) is 34.1 Å². The first-order chi connectivity index (χ1) is 28.0. The SMILES string of the molecule is Cc1cc2c3c(c1)N(c1ccc(C(C)(C)C)cc1)c1cc(C(C)(C)C)ccc1B3c1ccc(C(C)(C)C)cc1N2c1ccc(-c2ccc3c(c2)oc2ccccc23)cc1. The molecule has 0 radical (unpaired) electrons. The number of benzene rings is 7. The van der Waals surface area contributed by atoms with Crippen molar-refractivity contribution in [2.75, 3.05) is 9.80 Å². The minimum absolute atomic E-state index is 0.00168. The zero-order chi connectivity index (χ0) is 41.2. The van der Waals surface area contributed by atoms with Crippen LogP contribution in [0.25, 0.3) is 33.1 Å². The van der Waals surface area contributed by atoms with E-state index in [0.717, 1.165) is 38.8 Å². The number of furan rings is 1. The maximum atomic E-state index is 6.30. The Labute approximate surface area is 350 Å². The number of rotatable bonds is 3. The van der Waals surface area contributed by atoms with Gasteiger partial charge in [-0.2, -0.15) is 0 Å². The van der Waals surface area contributed by atoms with Gasteiger partial charge in [0.05, 0.1) is 0 Å². The van der Waals surface area contributed by atoms with E-state index in [-0.39, 0.29) is 23.0 Å². The van der Waals surface area contributed by atoms with Crippen LogP contribution >= 0.6 is 0 Å². The molecule has 0 atom stereocenters. The minimum atomic E-state index is -0.0139. The lowest BCUT2D eigenvalue weighted by atomic mass is 9.33. The van der Waals surface area contributed by atoms with E-state index in [0.29, 0.717) is 0 Å². The van der Waals surface area contributed by atoms with Crippen molar-refractivity contribution >= 4 is 79.2 Å². The number of nitrogens with zero attached hydrogens (tertiary/aromatic N) is 2. The number of para-hydroxylation sites is 1. The summed E-state index contributed by atoms with van der Waals surface area (Å²) >= 11 is 0. The Balaban J connectivity index is 1.18. The van der Waals surface area contributed by atoms with Crippen molar-refractivity contribution in [2.45, 2.75) is 85.5 Å². The van der Waals surface area contributed by atoms with Gasteiger partial charge in [0.1, 0.15) is 11.2 Å². The molecule has 7 aromatic carbocycles. The largest absolute Gasteiger partial charge is 0.456 e. The van der Waals surface area contributed by atoms with Crippen molar-refractivity contribution in [3.8, 4) is 11.1 Å². The molecule has 0 unspecified atom stereocenters. The third-order valence-corrected chi connectivity index (χ3v) is 12.8. The molecule has 0 fully saturated rings. The summed E-state index contributed by atoms with van der Waals surface area (Å²) in [7, 11) is 0. The molecule has 3 heterocycles. The standard InChI is InChI=1S/C55H53BN2O/c1-34-29-48-52-49(30-34)58(41-24-18-37(19-25-41)53(2,3)4)47-33-39(55(8,9)10)21-28-45(47)56(52)44-27-20-38(54(5,6)7)32-46(44)57(48)40-22-15-35(16-23-40)36-17-26-43-42-13-11-12-14-50(42)59-51(43)31-36/h11-33H,1-10H3. The maximum absolute atomic E-state index is 6.30. The first-order valence-corrected chi connectivity index (χ1v) is 21.2. The second-order valence-electron chi connectivity index (χ2n) is 20.0. The third kappa shape index (κ3) is 6.10. The van der Waals surface area contributed by atoms with Crippen LogP contribution in [0.1, 0.15) is 84.6 Å². The molecule has 0 bridgehead atoms. The van der Waals surface area contributed by atoms with Gasteiger partial charge in [0.2, 0.25) is 0 Å². The topological polar surface area (TPSA) is 19.6 Å². The van der Waals surface area contributed by atoms with Crippen molar-refractivity contribution < 1.29 is 4.42 Å². The molecule has 10 rings (SSSR count). The van der Waals surface area contributed by atoms with E-state index in [4.69, 9.17) is 4.42 Å². The third-order valence-electron chi connectivity index (χ3n) is 12.8. The maximum Gasteiger partial charge on any atom is 0.252 e. The van der Waals surface area contributed by atoms with Gasteiger partial charge in [-0.05, 0) is 140 Å². The van der Waals surface area contributed by atoms with Crippen LogP contribution in [-0.4, -0.2) is 6.71 Å². The molecule has 0 amide bonds. The fraction of sp³-hybridized carbons (Fsp3) is 0.236. The lowest BCUT2D eigenvalue weighted by molar-refractivity contribution is 0.590. The molecule has 0 spiro atoms. The lowest BCUT2D eigenvalue weighted by Gasteiger charge is -2.45. The zero-order valence-electron chi connectivity index (χ0n) is 36.2. The van der Waals surface area contributed by atoms with E-state index < -0.39 is 0 Å². The Bertz CT molecular complexity index is 2950. The van der Waals surface area contributed by atoms with Crippen molar-refractivity contribution in [3.63, 3.8) is 0 Å². The van der Waals surface area contributed by atoms with Crippen molar-refractivity contribution in [1.82, 2.24) is 0 Å². The molecule has 0 saturated carbocycles. The van der Waals surface area contributed by atoms with Gasteiger partial charge in [0.15, 0.2) is 0 Å². The highest BCUT2D eigenvalue weighted by Crippen LogP contribution is 2.46. The summed E-state index contributed by atoms with van der Waals surface area (Å²) in [6, 6.07) is 52.7. The molecular formula is C55H53BN2O. The van der Waals surface area contributed by atoms with Crippen LogP contribution in [0.15, 0.2) is 144 Å². The summed E-state index contributed by atoms with van der Waals surface area (Å²) in [5.41, 5.74) is 20.8. The van der Waals surface area contributed by atoms with E-state index in [1.807, 2.05) is 12.1 Å². The normalized spacial score (nSPS) is 13.8. The van der Waals surface area contributed by atoms with Crippen molar-refractivity contribution in [1.29, 1.82) is 0 Å². The molecular weight excluding hydrogens is 715 g/mol. The first-order valence-electron chi connectivity index (χ1n) is 21.2. The Hall–Kier alpha value is -6.00. The van der Waals surface area contributed by atoms with E-state index in [1.54, 1.807) is 0 Å². The van der Waals surface area contributed by atoms with Crippen LogP contribution in [0.2, 0.25) is 0 Å². The Morgan fingerprint density at radius 1 is 0.424 bits per heavy atom. The molecule has 8 aromatic rings. The highest BCUT2D eigenvalue weighted by Gasteiger charge is 2.44. The summed E-state index contributed by atoms with van der Waals surface area (Å²) in [5.74, 6) is 0. The minimum Gasteiger partial charge on any atom is -0.456 e. The van der Waals surface area contributed by atoms with Gasteiger partial charge in [-0.1, -0.05) is 135 Å². The Kier molecular flexibility index (Phi) is 8.22. The zero-order valence-corrected chi connectivity index (χ0v) is 36.2. The molecule has 4 heteroatoms. The molecule has 0 aliphatic carbocycles. The molecule has 0 saturated heterocycles. The molecule has 1 aromatic heterocycles. The number of fused-ring (bicyclic) bond motifs is 7. The van der Waals surface area contributed by atoms with Crippen molar-refractivity contribution in [2.24, 2.45) is 0 Å². The predicted octanol–water partition coefficient (Wildman–Crippen LogP) is 13.5. The van der Waals surface area contributed by atoms with E-state index >= 15 is 0 Å². The number of hydrogen-bond acceptors (Lipinski definition) is 3. The Morgan fingerprint density at radius 3 is 1.44 bits per heavy atom. The molecule has 2 aliphatic heterocycles. The van der Waals surface area contributed by atoms with Gasteiger partial charge in [0.25, 0.3) is 6.71 Å². The average molecular weight is 769 g/mol. The summed E-state index contributed by atoms with van der Waals surface area (Å²) < 4.78 is 6.30. The van der Waals surface area contributed by atoms with E-state index in [9.17, 15) is 0 Å². The number of aryl methyl sites for hydroxylation is 1. The fourth-order valence-electron chi connectivity index (χ4n) is 9.43. The quantitative estimate of drug-likeness (QED) is 0.167. The molecule has 59 heavy (non-hydrogen) atoms. The fourth-order valence-corrected chi connectivity index (χ4v) is 9.43. The van der Waals surface area contributed by atoms with Crippen LogP contribution in [0, 0.1) is 6.92 Å². The van der Waals surface area contributed by atoms with Gasteiger partial charge >= 0.3 is 0 Å². The van der Waals surface area contributed by atoms with Crippen LogP contribution in [-0.2, 0) is 16.2 Å². The predicted molar refractivity (Wildman–Crippen MR) is 254 cm³/mol. The van der Waals surface area contributed by atoms with Gasteiger partial charge in [0, 0.05) is 44.9 Å². The van der Waals surface area contributed by atoms with Crippen LogP contribution in [0.5, 0.6) is 0 Å². The molecule has 3 nitrogen and oxygen atoms in total. The second-order valence-corrected chi connectivity index (χ2v) is 20.0. The second kappa shape index (κ2) is 13.0. The smallest absolute Gasteiger partial charge is 0.252 e. The summed E-state index contributed by atoms with van der Waals surface area (Å²) in [4.78, 5) is 5.08. The highest BCUT2D eigenvalue weighted by atomic mass is 16.3. The van der Waals surface area contributed by atoms with Crippen molar-refractivity contribution in [3.05, 3.63) is 162 Å². The Morgan fingerprint density at radius 2 is 0.898 bits per heavy atom. The van der Waals surface area contributed by atoms with Gasteiger partial charge in [-0.15, -0.1) is 0 Å². The van der Waals surface area contributed by atoms with E-state index in [2.05, 4.69) is 206 Å². The van der Waals surface area contributed by atoms with Gasteiger partial charge in [-0.3, -0.25) is 0 Å². The first kappa shape index (κ1) is 37.3. The average Bonchev–Trinajstić information content (AvgIpc) is 3.57. The van der Waals surface area contributed by atoms with Gasteiger partial charge in [-0.25, -0.2) is 0 Å². The lowest BCUT2D eigenvalue weighted by Crippen LogP contribution is -2.61. The summed E-state index contributed by atoms with van der Waals surface area (Å²) in [5, 5.41) is 2.30. The van der Waals surface area contributed by atoms with Crippen LogP contribution < -0.4 is 26.2 Å². The van der Waals surface area contributed by atoms with E-state index in [1.165, 1.54) is 67.1 Å². The summed E-state index contributed by atoms with van der Waals surface area (Å²) in [6.07, 6.45) is 0. The summed E-state index contributed by atoms with van der Waals surface area (Å²) in [6.45, 7) is 23.1. The molecule has 2 aliphatic rings. The molecule has 292 valence electrons. The monoisotopic (exact) mass is 768 g/mol. The molecule has 0 N–H and O–H groups in total. The van der Waals surface area contributed by atoms with Crippen LogP contribution in [0.3, 0.4) is 0 Å². The number of anilines is 6. The number of hydrogen-bond donors (Lipinski definition) is 0. The highest BCUT2D eigenvalue weighted by molar-refractivity contribution is 7.00. The van der Waals surface area contributed by atoms with Gasteiger partial charge < -0.3 is 14.2 Å².